The minimum Gasteiger partial charge on any atom is -0.484 e. The number of carbonyl (C=O) groups excluding carboxylic acids is 1. The maximum absolute atomic E-state index is 12.8. The van der Waals surface area contributed by atoms with Crippen molar-refractivity contribution in [3.05, 3.63) is 59.7 Å². The SMILES string of the molecule is O=C(COc1ccc(CO)cc1)N1CCC(S(=O)(=O)c2ccc(CC(F)(F)F)cc2)C1. The van der Waals surface area contributed by atoms with Crippen LogP contribution >= 0.6 is 0 Å². The lowest BCUT2D eigenvalue weighted by atomic mass is 10.1. The first-order chi connectivity index (χ1) is 14.6. The van der Waals surface area contributed by atoms with Crippen molar-refractivity contribution in [2.45, 2.75) is 35.8 Å². The number of hydrogen-bond acceptors (Lipinski definition) is 5. The molecule has 1 heterocycles. The molecular weight excluding hydrogens is 435 g/mol. The predicted molar refractivity (Wildman–Crippen MR) is 106 cm³/mol. The van der Waals surface area contributed by atoms with E-state index in [0.717, 1.165) is 12.1 Å². The van der Waals surface area contributed by atoms with Crippen molar-refractivity contribution < 1.29 is 36.2 Å². The zero-order chi connectivity index (χ0) is 22.6. The van der Waals surface area contributed by atoms with E-state index in [1.54, 1.807) is 24.3 Å². The molecule has 2 aromatic carbocycles. The topological polar surface area (TPSA) is 83.9 Å². The van der Waals surface area contributed by atoms with Gasteiger partial charge in [0, 0.05) is 13.1 Å². The molecule has 1 unspecified atom stereocenters. The zero-order valence-electron chi connectivity index (χ0n) is 16.5. The zero-order valence-corrected chi connectivity index (χ0v) is 17.3. The van der Waals surface area contributed by atoms with Gasteiger partial charge in [0.05, 0.1) is 23.2 Å². The Morgan fingerprint density at radius 1 is 1.06 bits per heavy atom. The monoisotopic (exact) mass is 457 g/mol. The van der Waals surface area contributed by atoms with Crippen molar-refractivity contribution in [2.75, 3.05) is 19.7 Å². The fraction of sp³-hybridized carbons (Fsp3) is 0.381. The Morgan fingerprint density at radius 2 is 1.68 bits per heavy atom. The molecule has 3 rings (SSSR count). The smallest absolute Gasteiger partial charge is 0.393 e. The number of halogens is 3. The van der Waals surface area contributed by atoms with Crippen molar-refractivity contribution in [3.8, 4) is 5.75 Å². The minimum absolute atomic E-state index is 0.00171. The van der Waals surface area contributed by atoms with E-state index in [1.165, 1.54) is 17.0 Å². The molecule has 0 spiro atoms. The number of benzene rings is 2. The summed E-state index contributed by atoms with van der Waals surface area (Å²) >= 11 is 0. The van der Waals surface area contributed by atoms with Gasteiger partial charge in [0.1, 0.15) is 5.75 Å². The molecule has 31 heavy (non-hydrogen) atoms. The lowest BCUT2D eigenvalue weighted by molar-refractivity contribution is -0.132. The van der Waals surface area contributed by atoms with Crippen LogP contribution in [0.4, 0.5) is 13.2 Å². The summed E-state index contributed by atoms with van der Waals surface area (Å²) < 4.78 is 68.5. The number of rotatable bonds is 7. The van der Waals surface area contributed by atoms with Gasteiger partial charge >= 0.3 is 6.18 Å². The summed E-state index contributed by atoms with van der Waals surface area (Å²) in [7, 11) is -3.78. The van der Waals surface area contributed by atoms with Crippen LogP contribution in [0.3, 0.4) is 0 Å². The molecule has 6 nitrogen and oxygen atoms in total. The Kier molecular flexibility index (Phi) is 6.90. The van der Waals surface area contributed by atoms with E-state index in [4.69, 9.17) is 9.84 Å². The highest BCUT2D eigenvalue weighted by atomic mass is 32.2. The summed E-state index contributed by atoms with van der Waals surface area (Å²) in [5.74, 6) is 0.0947. The van der Waals surface area contributed by atoms with Gasteiger partial charge in [0.15, 0.2) is 16.4 Å². The normalized spacial score (nSPS) is 17.0. The molecule has 1 fully saturated rings. The molecule has 1 aliphatic rings. The van der Waals surface area contributed by atoms with Gasteiger partial charge < -0.3 is 14.7 Å². The van der Waals surface area contributed by atoms with Crippen molar-refractivity contribution in [1.82, 2.24) is 4.90 Å². The lowest BCUT2D eigenvalue weighted by Gasteiger charge is -2.17. The molecule has 2 aromatic rings. The van der Waals surface area contributed by atoms with Crippen LogP contribution < -0.4 is 4.74 Å². The molecular formula is C21H22F3NO5S. The highest BCUT2D eigenvalue weighted by Crippen LogP contribution is 2.26. The van der Waals surface area contributed by atoms with Crippen molar-refractivity contribution in [2.24, 2.45) is 0 Å². The van der Waals surface area contributed by atoms with Gasteiger partial charge in [0.2, 0.25) is 0 Å². The number of aliphatic hydroxyl groups is 1. The van der Waals surface area contributed by atoms with Crippen LogP contribution in [0.15, 0.2) is 53.4 Å². The molecule has 0 bridgehead atoms. The maximum atomic E-state index is 12.8. The van der Waals surface area contributed by atoms with Crippen LogP contribution in [0.25, 0.3) is 0 Å². The van der Waals surface area contributed by atoms with Crippen LogP contribution in [0.2, 0.25) is 0 Å². The van der Waals surface area contributed by atoms with E-state index in [-0.39, 0.29) is 49.1 Å². The summed E-state index contributed by atoms with van der Waals surface area (Å²) in [4.78, 5) is 13.7. The summed E-state index contributed by atoms with van der Waals surface area (Å²) in [6.07, 6.45) is -5.25. The van der Waals surface area contributed by atoms with E-state index in [0.29, 0.717) is 11.3 Å². The molecule has 0 aromatic heterocycles. The largest absolute Gasteiger partial charge is 0.484 e. The first-order valence-corrected chi connectivity index (χ1v) is 11.1. The molecule has 1 atom stereocenters. The molecule has 0 aliphatic carbocycles. The number of hydrogen-bond donors (Lipinski definition) is 1. The highest BCUT2D eigenvalue weighted by molar-refractivity contribution is 7.92. The fourth-order valence-electron chi connectivity index (χ4n) is 3.36. The summed E-state index contributed by atoms with van der Waals surface area (Å²) in [5.41, 5.74) is 0.691. The summed E-state index contributed by atoms with van der Waals surface area (Å²) in [6.45, 7) is -0.106. The van der Waals surface area contributed by atoms with Crippen molar-refractivity contribution in [1.29, 1.82) is 0 Å². The van der Waals surface area contributed by atoms with Crippen LogP contribution in [0.5, 0.6) is 5.75 Å². The predicted octanol–water partition coefficient (Wildman–Crippen LogP) is 2.74. The summed E-state index contributed by atoms with van der Waals surface area (Å²) in [6, 6.07) is 11.3. The van der Waals surface area contributed by atoms with E-state index in [2.05, 4.69) is 0 Å². The third-order valence-electron chi connectivity index (χ3n) is 5.06. The standard InChI is InChI=1S/C21H22F3NO5S/c22-21(23,24)11-15-3-7-18(8-4-15)31(28,29)19-9-10-25(12-19)20(27)14-30-17-5-1-16(13-26)2-6-17/h1-8,19,26H,9-14H2. The molecule has 0 saturated carbocycles. The Morgan fingerprint density at radius 3 is 2.26 bits per heavy atom. The number of aliphatic hydroxyl groups excluding tert-OH is 1. The van der Waals surface area contributed by atoms with Gasteiger partial charge in [-0.05, 0) is 41.8 Å². The lowest BCUT2D eigenvalue weighted by Crippen LogP contribution is -2.35. The first-order valence-electron chi connectivity index (χ1n) is 9.58. The Bertz CT molecular complexity index is 1000. The molecule has 0 radical (unpaired) electrons. The van der Waals surface area contributed by atoms with Crippen LogP contribution in [-0.2, 0) is 27.7 Å². The van der Waals surface area contributed by atoms with Crippen molar-refractivity contribution in [3.63, 3.8) is 0 Å². The van der Waals surface area contributed by atoms with Gasteiger partial charge in [-0.1, -0.05) is 24.3 Å². The van der Waals surface area contributed by atoms with Crippen LogP contribution in [0.1, 0.15) is 17.5 Å². The van der Waals surface area contributed by atoms with Gasteiger partial charge in [0.25, 0.3) is 5.91 Å². The second-order valence-corrected chi connectivity index (χ2v) is 9.55. The Labute approximate surface area is 178 Å². The third kappa shape index (κ3) is 5.98. The Balaban J connectivity index is 1.57. The minimum atomic E-state index is -4.37. The summed E-state index contributed by atoms with van der Waals surface area (Å²) in [5, 5.41) is 8.20. The van der Waals surface area contributed by atoms with Gasteiger partial charge in [-0.25, -0.2) is 8.42 Å². The number of alkyl halides is 3. The highest BCUT2D eigenvalue weighted by Gasteiger charge is 2.36. The van der Waals surface area contributed by atoms with E-state index >= 15 is 0 Å². The number of amides is 1. The number of carbonyl (C=O) groups is 1. The fourth-order valence-corrected chi connectivity index (χ4v) is 5.05. The molecule has 1 amide bonds. The van der Waals surface area contributed by atoms with E-state index in [1.807, 2.05) is 0 Å². The molecule has 168 valence electrons. The average molecular weight is 457 g/mol. The number of ether oxygens (including phenoxy) is 1. The van der Waals surface area contributed by atoms with Gasteiger partial charge in [-0.2, -0.15) is 13.2 Å². The molecule has 1 aliphatic heterocycles. The van der Waals surface area contributed by atoms with Crippen molar-refractivity contribution >= 4 is 15.7 Å². The number of likely N-dealkylation sites (tertiary alicyclic amines) is 1. The number of nitrogens with zero attached hydrogens (tertiary/aromatic N) is 1. The molecule has 1 saturated heterocycles. The maximum Gasteiger partial charge on any atom is 0.393 e. The first kappa shape index (κ1) is 23.1. The van der Waals surface area contributed by atoms with Gasteiger partial charge in [-0.15, -0.1) is 0 Å². The van der Waals surface area contributed by atoms with E-state index in [9.17, 15) is 26.4 Å². The van der Waals surface area contributed by atoms with Gasteiger partial charge in [-0.3, -0.25) is 4.79 Å². The quantitative estimate of drug-likeness (QED) is 0.691. The third-order valence-corrected chi connectivity index (χ3v) is 7.25. The Hall–Kier alpha value is -2.59. The average Bonchev–Trinajstić information content (AvgIpc) is 3.23. The second-order valence-electron chi connectivity index (χ2n) is 7.32. The second kappa shape index (κ2) is 9.27. The van der Waals surface area contributed by atoms with E-state index < -0.39 is 27.7 Å². The number of sulfone groups is 1. The molecule has 10 heteroatoms. The van der Waals surface area contributed by atoms with Crippen LogP contribution in [-0.4, -0.2) is 55.5 Å². The molecule has 1 N–H and O–H groups in total. The van der Waals surface area contributed by atoms with Crippen LogP contribution in [0, 0.1) is 0 Å².